The maximum Gasteiger partial charge on any atom is 0.371 e. The van der Waals surface area contributed by atoms with E-state index in [2.05, 4.69) is 4.98 Å². The lowest BCUT2D eigenvalue weighted by Crippen LogP contribution is -2.07. The Morgan fingerprint density at radius 1 is 1.23 bits per heavy atom. The molecule has 1 N–H and O–H groups in total. The molecule has 3 rings (SSSR count). The van der Waals surface area contributed by atoms with Gasteiger partial charge in [-0.1, -0.05) is 0 Å². The summed E-state index contributed by atoms with van der Waals surface area (Å²) in [5, 5.41) is 9.65. The predicted octanol–water partition coefficient (Wildman–Crippen LogP) is 2.06. The van der Waals surface area contributed by atoms with Crippen LogP contribution < -0.4 is 14.9 Å². The SMILES string of the molecule is COc1cc(OC)c2c(c1)ncc1c(=O)cc(C(=O)O)oc12. The first kappa shape index (κ1) is 13.9. The molecule has 112 valence electrons. The molecule has 0 saturated heterocycles. The van der Waals surface area contributed by atoms with Gasteiger partial charge >= 0.3 is 5.97 Å². The molecular formula is C15H11NO6. The maximum absolute atomic E-state index is 12.0. The van der Waals surface area contributed by atoms with Gasteiger partial charge in [0.25, 0.3) is 0 Å². The van der Waals surface area contributed by atoms with Crippen LogP contribution in [0.2, 0.25) is 0 Å². The number of aromatic nitrogens is 1. The number of methoxy groups -OCH3 is 2. The summed E-state index contributed by atoms with van der Waals surface area (Å²) in [4.78, 5) is 27.3. The molecule has 0 aliphatic rings. The van der Waals surface area contributed by atoms with Gasteiger partial charge in [0.05, 0.1) is 30.5 Å². The average molecular weight is 301 g/mol. The van der Waals surface area contributed by atoms with Gasteiger partial charge in [-0.15, -0.1) is 0 Å². The number of nitrogens with zero attached hydrogens (tertiary/aromatic N) is 1. The summed E-state index contributed by atoms with van der Waals surface area (Å²) >= 11 is 0. The number of carbonyl (C=O) groups is 1. The van der Waals surface area contributed by atoms with Gasteiger partial charge in [-0.2, -0.15) is 0 Å². The lowest BCUT2D eigenvalue weighted by atomic mass is 10.1. The highest BCUT2D eigenvalue weighted by molar-refractivity contribution is 6.06. The largest absolute Gasteiger partial charge is 0.497 e. The standard InChI is InChI=1S/C15H11NO6/c1-20-7-3-9-13(11(4-7)21-2)14-8(6-16-9)10(17)5-12(22-14)15(18)19/h3-6H,1-2H3,(H,18,19). The summed E-state index contributed by atoms with van der Waals surface area (Å²) in [6.07, 6.45) is 1.34. The second-order valence-electron chi connectivity index (χ2n) is 4.50. The lowest BCUT2D eigenvalue weighted by Gasteiger charge is -2.10. The molecule has 3 aromatic rings. The fraction of sp³-hybridized carbons (Fsp3) is 0.133. The van der Waals surface area contributed by atoms with Crippen LogP contribution in [0, 0.1) is 0 Å². The van der Waals surface area contributed by atoms with E-state index >= 15 is 0 Å². The van der Waals surface area contributed by atoms with E-state index in [4.69, 9.17) is 19.0 Å². The zero-order valence-electron chi connectivity index (χ0n) is 11.7. The highest BCUT2D eigenvalue weighted by Gasteiger charge is 2.17. The quantitative estimate of drug-likeness (QED) is 0.739. The van der Waals surface area contributed by atoms with Crippen molar-refractivity contribution >= 4 is 27.8 Å². The van der Waals surface area contributed by atoms with Gasteiger partial charge in [0.15, 0.2) is 11.0 Å². The number of carboxylic acid groups (broad SMARTS) is 1. The number of carboxylic acids is 1. The minimum absolute atomic E-state index is 0.120. The molecule has 0 atom stereocenters. The molecule has 0 aliphatic heterocycles. The summed E-state index contributed by atoms with van der Waals surface area (Å²) in [6.45, 7) is 0. The van der Waals surface area contributed by atoms with Crippen molar-refractivity contribution in [3.8, 4) is 11.5 Å². The van der Waals surface area contributed by atoms with Crippen LogP contribution in [0.1, 0.15) is 10.6 Å². The fourth-order valence-electron chi connectivity index (χ4n) is 2.24. The summed E-state index contributed by atoms with van der Waals surface area (Å²) in [7, 11) is 2.95. The number of rotatable bonds is 3. The third-order valence-electron chi connectivity index (χ3n) is 3.27. The number of ether oxygens (including phenoxy) is 2. The van der Waals surface area contributed by atoms with Gasteiger partial charge in [0, 0.05) is 24.4 Å². The van der Waals surface area contributed by atoms with E-state index < -0.39 is 17.2 Å². The fourth-order valence-corrected chi connectivity index (χ4v) is 2.24. The normalized spacial score (nSPS) is 10.8. The third kappa shape index (κ3) is 2.03. The Bertz CT molecular complexity index is 960. The first-order valence-electron chi connectivity index (χ1n) is 6.27. The van der Waals surface area contributed by atoms with Crippen LogP contribution in [0.3, 0.4) is 0 Å². The molecule has 2 aromatic heterocycles. The van der Waals surface area contributed by atoms with Crippen LogP contribution in [0.25, 0.3) is 21.9 Å². The minimum atomic E-state index is -1.32. The van der Waals surface area contributed by atoms with E-state index in [1.165, 1.54) is 20.4 Å². The van der Waals surface area contributed by atoms with E-state index in [-0.39, 0.29) is 11.0 Å². The van der Waals surface area contributed by atoms with Crippen molar-refractivity contribution in [1.82, 2.24) is 4.98 Å². The van der Waals surface area contributed by atoms with Crippen LogP contribution in [0.5, 0.6) is 11.5 Å². The molecule has 1 aromatic carbocycles. The van der Waals surface area contributed by atoms with Crippen molar-refractivity contribution in [1.29, 1.82) is 0 Å². The Balaban J connectivity index is 2.53. The number of pyridine rings is 1. The Kier molecular flexibility index (Phi) is 3.17. The number of benzene rings is 1. The Morgan fingerprint density at radius 2 is 2.00 bits per heavy atom. The topological polar surface area (TPSA) is 98.9 Å². The number of hydrogen-bond donors (Lipinski definition) is 1. The lowest BCUT2D eigenvalue weighted by molar-refractivity contribution is 0.0663. The van der Waals surface area contributed by atoms with Crippen LogP contribution in [0.15, 0.2) is 33.6 Å². The van der Waals surface area contributed by atoms with E-state index in [9.17, 15) is 9.59 Å². The maximum atomic E-state index is 12.0. The van der Waals surface area contributed by atoms with E-state index in [0.717, 1.165) is 6.07 Å². The monoisotopic (exact) mass is 301 g/mol. The molecule has 0 saturated carbocycles. The van der Waals surface area contributed by atoms with Gasteiger partial charge < -0.3 is 19.0 Å². The Morgan fingerprint density at radius 3 is 2.64 bits per heavy atom. The highest BCUT2D eigenvalue weighted by atomic mass is 16.5. The van der Waals surface area contributed by atoms with Crippen molar-refractivity contribution in [2.45, 2.75) is 0 Å². The Hall–Kier alpha value is -3.09. The van der Waals surface area contributed by atoms with Gasteiger partial charge in [0.1, 0.15) is 11.5 Å². The summed E-state index contributed by atoms with van der Waals surface area (Å²) < 4.78 is 15.8. The predicted molar refractivity (Wildman–Crippen MR) is 77.8 cm³/mol. The first-order chi connectivity index (χ1) is 10.5. The minimum Gasteiger partial charge on any atom is -0.497 e. The van der Waals surface area contributed by atoms with Gasteiger partial charge in [-0.25, -0.2) is 4.79 Å². The summed E-state index contributed by atoms with van der Waals surface area (Å²) in [5.74, 6) is -0.870. The average Bonchev–Trinajstić information content (AvgIpc) is 2.52. The van der Waals surface area contributed by atoms with Crippen LogP contribution in [-0.4, -0.2) is 30.3 Å². The van der Waals surface area contributed by atoms with Crippen molar-refractivity contribution in [2.75, 3.05) is 14.2 Å². The molecule has 0 bridgehead atoms. The van der Waals surface area contributed by atoms with Gasteiger partial charge in [-0.05, 0) is 0 Å². The molecule has 0 amide bonds. The van der Waals surface area contributed by atoms with Crippen LogP contribution in [-0.2, 0) is 0 Å². The molecule has 0 radical (unpaired) electrons. The number of hydrogen-bond acceptors (Lipinski definition) is 6. The second-order valence-corrected chi connectivity index (χ2v) is 4.50. The second kappa shape index (κ2) is 5.03. The summed E-state index contributed by atoms with van der Waals surface area (Å²) in [5.41, 5.74) is 0.106. The summed E-state index contributed by atoms with van der Waals surface area (Å²) in [6, 6.07) is 4.18. The number of fused-ring (bicyclic) bond motifs is 3. The van der Waals surface area contributed by atoms with Gasteiger partial charge in [-0.3, -0.25) is 9.78 Å². The molecule has 7 nitrogen and oxygen atoms in total. The molecule has 2 heterocycles. The molecule has 22 heavy (non-hydrogen) atoms. The van der Waals surface area contributed by atoms with Crippen molar-refractivity contribution < 1.29 is 23.8 Å². The molecule has 0 aliphatic carbocycles. The van der Waals surface area contributed by atoms with E-state index in [1.54, 1.807) is 12.1 Å². The smallest absolute Gasteiger partial charge is 0.371 e. The van der Waals surface area contributed by atoms with E-state index in [0.29, 0.717) is 22.4 Å². The highest BCUT2D eigenvalue weighted by Crippen LogP contribution is 2.34. The first-order valence-corrected chi connectivity index (χ1v) is 6.27. The Labute approximate surface area is 123 Å². The number of aromatic carboxylic acids is 1. The molecule has 7 heteroatoms. The zero-order valence-corrected chi connectivity index (χ0v) is 11.7. The third-order valence-corrected chi connectivity index (χ3v) is 3.27. The molecular weight excluding hydrogens is 290 g/mol. The van der Waals surface area contributed by atoms with Crippen LogP contribution >= 0.6 is 0 Å². The molecule has 0 spiro atoms. The van der Waals surface area contributed by atoms with Crippen molar-refractivity contribution in [3.63, 3.8) is 0 Å². The van der Waals surface area contributed by atoms with Crippen molar-refractivity contribution in [2.24, 2.45) is 0 Å². The van der Waals surface area contributed by atoms with Crippen LogP contribution in [0.4, 0.5) is 0 Å². The van der Waals surface area contributed by atoms with Gasteiger partial charge in [0.2, 0.25) is 5.76 Å². The molecule has 0 unspecified atom stereocenters. The van der Waals surface area contributed by atoms with Crippen molar-refractivity contribution in [3.05, 3.63) is 40.4 Å². The molecule has 0 fully saturated rings. The zero-order chi connectivity index (χ0) is 15.9. The van der Waals surface area contributed by atoms with E-state index in [1.807, 2.05) is 0 Å².